The zero-order valence-electron chi connectivity index (χ0n) is 19.8. The van der Waals surface area contributed by atoms with Crippen molar-refractivity contribution in [3.8, 4) is 11.8 Å². The van der Waals surface area contributed by atoms with Crippen molar-refractivity contribution in [3.63, 3.8) is 0 Å². The van der Waals surface area contributed by atoms with E-state index in [0.29, 0.717) is 42.8 Å². The third-order valence-corrected chi connectivity index (χ3v) is 7.16. The molecule has 7 heteroatoms. The number of thiophene rings is 1. The maximum atomic E-state index is 13.6. The topological polar surface area (TPSA) is 70.1 Å². The lowest BCUT2D eigenvalue weighted by molar-refractivity contribution is -0.123. The molecule has 6 nitrogen and oxygen atoms in total. The average Bonchev–Trinajstić information content (AvgIpc) is 3.17. The highest BCUT2D eigenvalue weighted by Gasteiger charge is 2.32. The summed E-state index contributed by atoms with van der Waals surface area (Å²) in [5.74, 6) is 5.97. The molecule has 1 aliphatic carbocycles. The zero-order valence-corrected chi connectivity index (χ0v) is 20.6. The van der Waals surface area contributed by atoms with Gasteiger partial charge in [-0.05, 0) is 58.4 Å². The van der Waals surface area contributed by atoms with Gasteiger partial charge in [-0.1, -0.05) is 18.8 Å². The van der Waals surface area contributed by atoms with Crippen molar-refractivity contribution in [2.24, 2.45) is 17.3 Å². The number of hydrogen-bond donors (Lipinski definition) is 1. The van der Waals surface area contributed by atoms with Gasteiger partial charge in [0.15, 0.2) is 0 Å². The molecule has 0 aromatic carbocycles. The van der Waals surface area contributed by atoms with Crippen LogP contribution >= 0.6 is 11.3 Å². The summed E-state index contributed by atoms with van der Waals surface area (Å²) in [6, 6.07) is 1.80. The van der Waals surface area contributed by atoms with E-state index >= 15 is 0 Å². The summed E-state index contributed by atoms with van der Waals surface area (Å²) in [6.07, 6.45) is 3.84. The molecule has 1 aliphatic heterocycles. The number of carbonyl (C=O) groups excluding carboxylic acids is 1. The Labute approximate surface area is 195 Å². The Morgan fingerprint density at radius 1 is 1.22 bits per heavy atom. The van der Waals surface area contributed by atoms with Crippen LogP contribution in [0.5, 0.6) is 0 Å². The van der Waals surface area contributed by atoms with E-state index in [2.05, 4.69) is 23.7 Å². The lowest BCUT2D eigenvalue weighted by Gasteiger charge is -2.33. The van der Waals surface area contributed by atoms with Crippen LogP contribution in [-0.2, 0) is 9.53 Å². The number of carboxylic acid groups (broad SMARTS) is 1. The van der Waals surface area contributed by atoms with Gasteiger partial charge in [-0.3, -0.25) is 9.69 Å². The second kappa shape index (κ2) is 10.8. The first-order valence-corrected chi connectivity index (χ1v) is 12.5. The Morgan fingerprint density at radius 2 is 1.88 bits per heavy atom. The number of carboxylic acids is 1. The van der Waals surface area contributed by atoms with Gasteiger partial charge in [0.1, 0.15) is 4.88 Å². The molecule has 0 spiro atoms. The van der Waals surface area contributed by atoms with Crippen molar-refractivity contribution in [2.45, 2.75) is 53.4 Å². The largest absolute Gasteiger partial charge is 0.477 e. The minimum Gasteiger partial charge on any atom is -0.477 e. The van der Waals surface area contributed by atoms with Crippen LogP contribution in [0.3, 0.4) is 0 Å². The molecule has 1 N–H and O–H groups in total. The lowest BCUT2D eigenvalue weighted by atomic mass is 9.82. The normalized spacial score (nSPS) is 22.1. The number of morpholine rings is 1. The van der Waals surface area contributed by atoms with Crippen LogP contribution in [-0.4, -0.2) is 61.3 Å². The standard InChI is InChI=1S/C25H36N2O4S/c1-18-5-7-19(8-6-18)23(28)27(12-11-26-13-15-31-16-14-26)21-17-20(9-10-25(2,3)4)32-22(21)24(29)30/h17-19H,5-8,11-16H2,1-4H3,(H,29,30)/t18-,19-. The number of hydrogen-bond acceptors (Lipinski definition) is 5. The number of rotatable bonds is 6. The van der Waals surface area contributed by atoms with Gasteiger partial charge < -0.3 is 14.7 Å². The average molecular weight is 461 g/mol. The quantitative estimate of drug-likeness (QED) is 0.640. The van der Waals surface area contributed by atoms with Crippen LogP contribution in [0.15, 0.2) is 6.07 Å². The van der Waals surface area contributed by atoms with Crippen LogP contribution in [0.4, 0.5) is 5.69 Å². The van der Waals surface area contributed by atoms with E-state index < -0.39 is 5.97 Å². The molecule has 0 unspecified atom stereocenters. The zero-order chi connectivity index (χ0) is 23.3. The Kier molecular flexibility index (Phi) is 8.37. The molecule has 1 saturated carbocycles. The fourth-order valence-electron chi connectivity index (χ4n) is 4.19. The highest BCUT2D eigenvalue weighted by molar-refractivity contribution is 7.15. The Bertz CT molecular complexity index is 863. The first-order valence-electron chi connectivity index (χ1n) is 11.7. The van der Waals surface area contributed by atoms with E-state index in [1.165, 1.54) is 0 Å². The van der Waals surface area contributed by atoms with E-state index in [0.717, 1.165) is 50.1 Å². The smallest absolute Gasteiger partial charge is 0.348 e. The fraction of sp³-hybridized carbons (Fsp3) is 0.680. The minimum atomic E-state index is -1.00. The van der Waals surface area contributed by atoms with Crippen LogP contribution in [0.25, 0.3) is 0 Å². The Hall–Kier alpha value is -1.88. The van der Waals surface area contributed by atoms with Gasteiger partial charge in [-0.25, -0.2) is 4.79 Å². The van der Waals surface area contributed by atoms with Crippen LogP contribution in [0.2, 0.25) is 0 Å². The van der Waals surface area contributed by atoms with Gasteiger partial charge >= 0.3 is 5.97 Å². The molecule has 1 aromatic heterocycles. The van der Waals surface area contributed by atoms with Gasteiger partial charge in [0.25, 0.3) is 0 Å². The van der Waals surface area contributed by atoms with E-state index in [4.69, 9.17) is 4.74 Å². The summed E-state index contributed by atoms with van der Waals surface area (Å²) in [4.78, 5) is 30.6. The molecule has 3 rings (SSSR count). The molecule has 0 atom stereocenters. The molecular weight excluding hydrogens is 424 g/mol. The van der Waals surface area contributed by atoms with Gasteiger partial charge in [-0.2, -0.15) is 0 Å². The lowest BCUT2D eigenvalue weighted by Crippen LogP contribution is -2.45. The minimum absolute atomic E-state index is 0.0402. The molecule has 0 bridgehead atoms. The maximum absolute atomic E-state index is 13.6. The van der Waals surface area contributed by atoms with Crippen molar-refractivity contribution in [2.75, 3.05) is 44.3 Å². The van der Waals surface area contributed by atoms with Gasteiger partial charge in [-0.15, -0.1) is 11.3 Å². The Morgan fingerprint density at radius 3 is 2.47 bits per heavy atom. The number of aromatic carboxylic acids is 1. The third-order valence-electron chi connectivity index (χ3n) is 6.13. The first-order chi connectivity index (χ1) is 15.1. The van der Waals surface area contributed by atoms with Crippen molar-refractivity contribution in [1.82, 2.24) is 4.90 Å². The molecular formula is C25H36N2O4S. The number of ether oxygens (including phenoxy) is 1. The molecule has 0 radical (unpaired) electrons. The van der Waals surface area contributed by atoms with E-state index in [1.54, 1.807) is 11.0 Å². The monoisotopic (exact) mass is 460 g/mol. The summed E-state index contributed by atoms with van der Waals surface area (Å²) in [6.45, 7) is 12.5. The summed E-state index contributed by atoms with van der Waals surface area (Å²) in [7, 11) is 0. The van der Waals surface area contributed by atoms with E-state index in [1.807, 2.05) is 20.8 Å². The summed E-state index contributed by atoms with van der Waals surface area (Å²) in [5.41, 5.74) is 0.315. The van der Waals surface area contributed by atoms with Gasteiger partial charge in [0.2, 0.25) is 5.91 Å². The van der Waals surface area contributed by atoms with Gasteiger partial charge in [0, 0.05) is 37.5 Å². The van der Waals surface area contributed by atoms with Crippen molar-refractivity contribution in [1.29, 1.82) is 0 Å². The second-order valence-electron chi connectivity index (χ2n) is 10.0. The highest BCUT2D eigenvalue weighted by atomic mass is 32.1. The molecule has 32 heavy (non-hydrogen) atoms. The van der Waals surface area contributed by atoms with Crippen LogP contribution in [0, 0.1) is 29.1 Å². The van der Waals surface area contributed by atoms with E-state index in [-0.39, 0.29) is 22.1 Å². The van der Waals surface area contributed by atoms with Crippen molar-refractivity contribution >= 4 is 28.9 Å². The fourth-order valence-corrected chi connectivity index (χ4v) is 5.04. The Balaban J connectivity index is 1.89. The van der Waals surface area contributed by atoms with Crippen molar-refractivity contribution < 1.29 is 19.4 Å². The summed E-state index contributed by atoms with van der Waals surface area (Å²) >= 11 is 1.16. The van der Waals surface area contributed by atoms with Crippen molar-refractivity contribution in [3.05, 3.63) is 15.8 Å². The predicted molar refractivity (Wildman–Crippen MR) is 128 cm³/mol. The summed E-state index contributed by atoms with van der Waals surface area (Å²) < 4.78 is 5.44. The molecule has 176 valence electrons. The molecule has 2 fully saturated rings. The SMILES string of the molecule is CC(C)(C)C#Cc1cc(N(CCN2CCOCC2)C(=O)[C@H]2CC[C@H](C)CC2)c(C(=O)O)s1. The first kappa shape index (κ1) is 24.8. The number of carbonyl (C=O) groups is 2. The molecule has 1 amide bonds. The van der Waals surface area contributed by atoms with Crippen LogP contribution in [0.1, 0.15) is 67.9 Å². The van der Waals surface area contributed by atoms with E-state index in [9.17, 15) is 14.7 Å². The summed E-state index contributed by atoms with van der Waals surface area (Å²) in [5, 5.41) is 9.90. The second-order valence-corrected chi connectivity index (χ2v) is 11.1. The van der Waals surface area contributed by atoms with Gasteiger partial charge in [0.05, 0.1) is 23.8 Å². The molecule has 1 aromatic rings. The molecule has 2 heterocycles. The maximum Gasteiger partial charge on any atom is 0.348 e. The van der Waals surface area contributed by atoms with Crippen LogP contribution < -0.4 is 4.90 Å². The molecule has 2 aliphatic rings. The predicted octanol–water partition coefficient (Wildman–Crippen LogP) is 4.34. The number of nitrogens with zero attached hydrogens (tertiary/aromatic N) is 2. The number of amides is 1. The molecule has 1 saturated heterocycles. The highest BCUT2D eigenvalue weighted by Crippen LogP contribution is 2.35. The number of anilines is 1. The third kappa shape index (κ3) is 6.81.